The van der Waals surface area contributed by atoms with Crippen molar-refractivity contribution in [3.05, 3.63) is 64.7 Å². The van der Waals surface area contributed by atoms with Gasteiger partial charge in [-0.05, 0) is 102 Å². The minimum Gasteiger partial charge on any atom is -0.475 e. The fourth-order valence-electron chi connectivity index (χ4n) is 6.70. The molecule has 4 bridgehead atoms. The van der Waals surface area contributed by atoms with Gasteiger partial charge in [-0.2, -0.15) is 4.98 Å². The summed E-state index contributed by atoms with van der Waals surface area (Å²) >= 11 is 0. The fourth-order valence-corrected chi connectivity index (χ4v) is 7.69. The Hall–Kier alpha value is -3.50. The van der Waals surface area contributed by atoms with Crippen LogP contribution in [0.2, 0.25) is 0 Å². The fraction of sp³-hybridized carbons (Fsp3) is 0.500. The maximum Gasteiger partial charge on any atom is 0.264 e. The van der Waals surface area contributed by atoms with E-state index in [0.717, 1.165) is 48.8 Å². The van der Waals surface area contributed by atoms with E-state index < -0.39 is 10.0 Å². The van der Waals surface area contributed by atoms with Crippen molar-refractivity contribution in [3.8, 4) is 17.1 Å². The molecule has 44 heavy (non-hydrogen) atoms. The van der Waals surface area contributed by atoms with E-state index in [1.807, 2.05) is 43.9 Å². The molecule has 1 aromatic heterocycles. The third-order valence-corrected chi connectivity index (χ3v) is 10.3. The Morgan fingerprint density at radius 2 is 1.66 bits per heavy atom. The molecular formula is C34H45N5O4S. The van der Waals surface area contributed by atoms with E-state index in [-0.39, 0.29) is 35.4 Å². The monoisotopic (exact) mass is 619 g/mol. The number of fused-ring (bicyclic) bond motifs is 4. The van der Waals surface area contributed by atoms with Gasteiger partial charge >= 0.3 is 0 Å². The van der Waals surface area contributed by atoms with E-state index in [1.54, 1.807) is 12.1 Å². The molecule has 0 unspecified atom stereocenters. The molecular weight excluding hydrogens is 574 g/mol. The first-order valence-corrected chi connectivity index (χ1v) is 17.0. The molecule has 236 valence electrons. The average Bonchev–Trinajstić information content (AvgIpc) is 2.97. The Kier molecular flexibility index (Phi) is 9.32. The van der Waals surface area contributed by atoms with Gasteiger partial charge in [-0.25, -0.2) is 18.1 Å². The van der Waals surface area contributed by atoms with E-state index in [2.05, 4.69) is 42.5 Å². The summed E-state index contributed by atoms with van der Waals surface area (Å²) in [6.45, 7) is 10.4. The lowest BCUT2D eigenvalue weighted by Gasteiger charge is -2.43. The lowest BCUT2D eigenvalue weighted by atomic mass is 9.87. The molecule has 0 spiro atoms. The highest BCUT2D eigenvalue weighted by molar-refractivity contribution is 7.92. The number of rotatable bonds is 5. The number of hydrogen-bond donors (Lipinski definition) is 1. The van der Waals surface area contributed by atoms with E-state index in [9.17, 15) is 13.2 Å². The van der Waals surface area contributed by atoms with Crippen LogP contribution in [0.3, 0.4) is 0 Å². The average molecular weight is 620 g/mol. The molecule has 5 rings (SSSR count). The largest absolute Gasteiger partial charge is 0.475 e. The molecule has 2 aliphatic rings. The minimum absolute atomic E-state index is 0.0143. The summed E-state index contributed by atoms with van der Waals surface area (Å²) in [5.41, 5.74) is 4.61. The zero-order valence-corrected chi connectivity index (χ0v) is 27.7. The van der Waals surface area contributed by atoms with Gasteiger partial charge in [-0.1, -0.05) is 38.1 Å². The lowest BCUT2D eigenvalue weighted by molar-refractivity contribution is 0.0321. The van der Waals surface area contributed by atoms with Crippen LogP contribution in [0.15, 0.2) is 47.4 Å². The molecule has 3 aromatic rings. The van der Waals surface area contributed by atoms with Crippen LogP contribution in [0.25, 0.3) is 11.3 Å². The second-order valence-corrected chi connectivity index (χ2v) is 14.6. The summed E-state index contributed by atoms with van der Waals surface area (Å²) in [5.74, 6) is 0.361. The Bertz CT molecular complexity index is 1610. The van der Waals surface area contributed by atoms with Crippen molar-refractivity contribution < 1.29 is 17.9 Å². The molecule has 1 N–H and O–H groups in total. The summed E-state index contributed by atoms with van der Waals surface area (Å²) in [5, 5.41) is 0. The van der Waals surface area contributed by atoms with Crippen molar-refractivity contribution in [1.29, 1.82) is 0 Å². The molecule has 1 aliphatic heterocycles. The van der Waals surface area contributed by atoms with Crippen molar-refractivity contribution in [1.82, 2.24) is 19.8 Å². The number of anilines is 1. The second kappa shape index (κ2) is 12.9. The number of aryl methyl sites for hydroxylation is 2. The first-order chi connectivity index (χ1) is 20.9. The molecule has 0 saturated heterocycles. The molecule has 1 atom stereocenters. The van der Waals surface area contributed by atoms with Gasteiger partial charge in [0.15, 0.2) is 0 Å². The highest BCUT2D eigenvalue weighted by Crippen LogP contribution is 2.35. The predicted octanol–water partition coefficient (Wildman–Crippen LogP) is 5.99. The van der Waals surface area contributed by atoms with Crippen LogP contribution >= 0.6 is 0 Å². The summed E-state index contributed by atoms with van der Waals surface area (Å²) in [6, 6.07) is 12.5. The molecule has 1 fully saturated rings. The van der Waals surface area contributed by atoms with Crippen LogP contribution in [0.5, 0.6) is 5.88 Å². The predicted molar refractivity (Wildman–Crippen MR) is 174 cm³/mol. The number of nitrogens with one attached hydrogen (secondary N) is 1. The van der Waals surface area contributed by atoms with Crippen molar-refractivity contribution in [2.24, 2.45) is 5.92 Å². The van der Waals surface area contributed by atoms with Crippen LogP contribution in [-0.4, -0.2) is 72.9 Å². The number of carbonyl (C=O) groups excluding carboxylic acids is 1. The first-order valence-electron chi connectivity index (χ1n) is 15.6. The SMILES string of the molecule is Cc1cccc(C)c1-c1nc2nc(c1C)OC[C@@H](CC(C)C)N(C1CCC(N(C)C)CC1)C(=O)c1cccc(c1)S(=O)(=O)N2. The van der Waals surface area contributed by atoms with Gasteiger partial charge in [0.1, 0.15) is 6.61 Å². The normalized spacial score (nSPS) is 22.1. The molecule has 2 aromatic carbocycles. The van der Waals surface area contributed by atoms with Crippen molar-refractivity contribution >= 4 is 21.9 Å². The number of sulfonamides is 1. The van der Waals surface area contributed by atoms with Crippen LogP contribution in [0, 0.1) is 26.7 Å². The molecule has 9 nitrogen and oxygen atoms in total. The van der Waals surface area contributed by atoms with E-state index in [4.69, 9.17) is 9.72 Å². The lowest BCUT2D eigenvalue weighted by Crippen LogP contribution is -2.52. The van der Waals surface area contributed by atoms with Crippen molar-refractivity contribution in [3.63, 3.8) is 0 Å². The van der Waals surface area contributed by atoms with Gasteiger partial charge in [0, 0.05) is 28.8 Å². The third kappa shape index (κ3) is 6.61. The van der Waals surface area contributed by atoms with Gasteiger partial charge in [-0.15, -0.1) is 0 Å². The summed E-state index contributed by atoms with van der Waals surface area (Å²) in [7, 11) is 0.101. The summed E-state index contributed by atoms with van der Waals surface area (Å²) < 4.78 is 36.4. The van der Waals surface area contributed by atoms with Crippen LogP contribution < -0.4 is 9.46 Å². The highest BCUT2D eigenvalue weighted by Gasteiger charge is 2.36. The molecule has 10 heteroatoms. The second-order valence-electron chi connectivity index (χ2n) is 13.0. The quantitative estimate of drug-likeness (QED) is 0.374. The number of nitrogens with zero attached hydrogens (tertiary/aromatic N) is 4. The van der Waals surface area contributed by atoms with Gasteiger partial charge in [0.25, 0.3) is 15.9 Å². The topological polar surface area (TPSA) is 105 Å². The molecule has 1 aliphatic carbocycles. The maximum atomic E-state index is 14.4. The maximum absolute atomic E-state index is 14.4. The molecule has 1 saturated carbocycles. The minimum atomic E-state index is -4.11. The summed E-state index contributed by atoms with van der Waals surface area (Å²) in [6.07, 6.45) is 4.45. The Balaban J connectivity index is 1.66. The van der Waals surface area contributed by atoms with Gasteiger partial charge in [0.05, 0.1) is 16.6 Å². The number of ether oxygens (including phenoxy) is 1. The zero-order chi connectivity index (χ0) is 31.8. The molecule has 2 heterocycles. The molecule has 0 radical (unpaired) electrons. The Morgan fingerprint density at radius 1 is 1.00 bits per heavy atom. The van der Waals surface area contributed by atoms with E-state index in [0.29, 0.717) is 34.7 Å². The van der Waals surface area contributed by atoms with Gasteiger partial charge in [-0.3, -0.25) is 4.79 Å². The van der Waals surface area contributed by atoms with Crippen LogP contribution in [0.1, 0.15) is 73.0 Å². The first kappa shape index (κ1) is 31.9. The molecule has 1 amide bonds. The number of aromatic nitrogens is 2. The van der Waals surface area contributed by atoms with Crippen LogP contribution in [-0.2, 0) is 10.0 Å². The van der Waals surface area contributed by atoms with E-state index in [1.165, 1.54) is 12.1 Å². The van der Waals surface area contributed by atoms with Gasteiger partial charge in [0.2, 0.25) is 11.8 Å². The van der Waals surface area contributed by atoms with E-state index >= 15 is 0 Å². The summed E-state index contributed by atoms with van der Waals surface area (Å²) in [4.78, 5) is 27.9. The number of hydrogen-bond acceptors (Lipinski definition) is 7. The standard InChI is InChI=1S/C34H45N5O4S/c1-21(2)18-28-20-43-32-24(5)31(30-22(3)10-8-11-23(30)4)35-34(36-32)37-44(41,42)29-13-9-12-25(19-29)33(40)39(28)27-16-14-26(15-17-27)38(6)7/h8-13,19,21,26-28H,14-18,20H2,1-7H3,(H,35,36,37)/t26?,27?,28-/m1/s1. The van der Waals surface area contributed by atoms with Crippen molar-refractivity contribution in [2.75, 3.05) is 25.4 Å². The Labute approximate surface area is 262 Å². The number of carbonyl (C=O) groups is 1. The smallest absolute Gasteiger partial charge is 0.264 e. The van der Waals surface area contributed by atoms with Crippen LogP contribution in [0.4, 0.5) is 5.95 Å². The van der Waals surface area contributed by atoms with Gasteiger partial charge < -0.3 is 14.5 Å². The zero-order valence-electron chi connectivity index (χ0n) is 26.9. The Morgan fingerprint density at radius 3 is 2.30 bits per heavy atom. The highest BCUT2D eigenvalue weighted by atomic mass is 32.2. The third-order valence-electron chi connectivity index (χ3n) is 9.01. The number of amides is 1. The van der Waals surface area contributed by atoms with Crippen molar-refractivity contribution in [2.45, 2.75) is 89.7 Å². The number of benzene rings is 2.